The Kier molecular flexibility index (Phi) is 8.38. The summed E-state index contributed by atoms with van der Waals surface area (Å²) in [5.41, 5.74) is 0. The summed E-state index contributed by atoms with van der Waals surface area (Å²) < 4.78 is 0. The molecule has 1 fully saturated rings. The fraction of sp³-hybridized carbons (Fsp3) is 0.500. The number of halogens is 2. The highest BCUT2D eigenvalue weighted by Crippen LogP contribution is 2.20. The molecule has 1 aliphatic heterocycles. The summed E-state index contributed by atoms with van der Waals surface area (Å²) >= 11 is 7.50. The van der Waals surface area contributed by atoms with Crippen LogP contribution in [0.1, 0.15) is 19.3 Å². The van der Waals surface area contributed by atoms with E-state index in [9.17, 15) is 4.79 Å². The summed E-state index contributed by atoms with van der Waals surface area (Å²) in [6.45, 7) is 1.83. The monoisotopic (exact) mass is 334 g/mol. The van der Waals surface area contributed by atoms with Crippen molar-refractivity contribution in [3.63, 3.8) is 0 Å². The zero-order valence-corrected chi connectivity index (χ0v) is 13.6. The first-order valence-corrected chi connectivity index (χ1v) is 7.99. The van der Waals surface area contributed by atoms with Gasteiger partial charge in [-0.15, -0.1) is 24.2 Å². The molecule has 0 saturated carbocycles. The van der Waals surface area contributed by atoms with Gasteiger partial charge in [-0.05, 0) is 43.7 Å². The van der Waals surface area contributed by atoms with Gasteiger partial charge in [-0.25, -0.2) is 0 Å². The van der Waals surface area contributed by atoms with Crippen molar-refractivity contribution in [3.05, 3.63) is 29.3 Å². The van der Waals surface area contributed by atoms with Crippen molar-refractivity contribution in [2.24, 2.45) is 0 Å². The molecule has 20 heavy (non-hydrogen) atoms. The van der Waals surface area contributed by atoms with Crippen LogP contribution in [0.4, 0.5) is 0 Å². The fourth-order valence-electron chi connectivity index (χ4n) is 2.05. The van der Waals surface area contributed by atoms with Gasteiger partial charge in [-0.2, -0.15) is 0 Å². The molecule has 0 aliphatic carbocycles. The summed E-state index contributed by atoms with van der Waals surface area (Å²) in [6.07, 6.45) is 2.94. The number of hydrogen-bond donors (Lipinski definition) is 2. The van der Waals surface area contributed by atoms with Crippen LogP contribution in [0.15, 0.2) is 29.2 Å². The number of benzene rings is 1. The Morgan fingerprint density at radius 1 is 1.40 bits per heavy atom. The number of rotatable bonds is 6. The third-order valence-electron chi connectivity index (χ3n) is 3.12. The number of nitrogens with one attached hydrogen (secondary N) is 2. The summed E-state index contributed by atoms with van der Waals surface area (Å²) in [5.74, 6) is 0.932. The predicted octanol–water partition coefficient (Wildman–Crippen LogP) is 3.11. The Balaban J connectivity index is 0.00000200. The number of carbonyl (C=O) groups excluding carboxylic acids is 1. The Morgan fingerprint density at radius 3 is 2.80 bits per heavy atom. The third-order valence-corrected chi connectivity index (χ3v) is 4.39. The van der Waals surface area contributed by atoms with Crippen LogP contribution >= 0.6 is 35.8 Å². The summed E-state index contributed by atoms with van der Waals surface area (Å²) in [7, 11) is 0. The molecule has 3 nitrogen and oxygen atoms in total. The third kappa shape index (κ3) is 6.35. The van der Waals surface area contributed by atoms with Crippen LogP contribution in [0.5, 0.6) is 0 Å². The van der Waals surface area contributed by atoms with Crippen LogP contribution < -0.4 is 10.6 Å². The normalized spacial score (nSPS) is 17.6. The van der Waals surface area contributed by atoms with Gasteiger partial charge in [0.25, 0.3) is 0 Å². The maximum absolute atomic E-state index is 11.7. The average molecular weight is 335 g/mol. The standard InChI is InChI=1S/C14H19ClN2OS.ClH/c15-11-3-5-13(6-4-11)19-9-7-14(18)17-10-12-2-1-8-16-12;/h3-6,12,16H,1-2,7-10H2,(H,17,18);1H. The van der Waals surface area contributed by atoms with Crippen molar-refractivity contribution in [1.29, 1.82) is 0 Å². The number of amides is 1. The van der Waals surface area contributed by atoms with Crippen molar-refractivity contribution < 1.29 is 4.79 Å². The quantitative estimate of drug-likeness (QED) is 0.785. The Hall–Kier alpha value is -0.420. The molecule has 1 aromatic rings. The second-order valence-electron chi connectivity index (χ2n) is 4.65. The van der Waals surface area contributed by atoms with E-state index < -0.39 is 0 Å². The van der Waals surface area contributed by atoms with Crippen LogP contribution in [-0.4, -0.2) is 30.8 Å². The molecule has 1 heterocycles. The lowest BCUT2D eigenvalue weighted by atomic mass is 10.2. The van der Waals surface area contributed by atoms with Crippen molar-refractivity contribution >= 4 is 41.7 Å². The minimum Gasteiger partial charge on any atom is -0.355 e. The molecule has 0 aromatic heterocycles. The van der Waals surface area contributed by atoms with E-state index in [0.29, 0.717) is 12.5 Å². The van der Waals surface area contributed by atoms with Gasteiger partial charge in [-0.1, -0.05) is 11.6 Å². The molecule has 1 unspecified atom stereocenters. The van der Waals surface area contributed by atoms with Crippen molar-refractivity contribution in [1.82, 2.24) is 10.6 Å². The van der Waals surface area contributed by atoms with Gasteiger partial charge in [0, 0.05) is 34.7 Å². The smallest absolute Gasteiger partial charge is 0.220 e. The molecule has 0 bridgehead atoms. The highest BCUT2D eigenvalue weighted by molar-refractivity contribution is 7.99. The fourth-order valence-corrected chi connectivity index (χ4v) is 3.03. The second kappa shape index (κ2) is 9.50. The van der Waals surface area contributed by atoms with E-state index in [2.05, 4.69) is 10.6 Å². The van der Waals surface area contributed by atoms with Gasteiger partial charge >= 0.3 is 0 Å². The Labute approximate surface area is 135 Å². The minimum atomic E-state index is 0. The molecule has 112 valence electrons. The van der Waals surface area contributed by atoms with Crippen molar-refractivity contribution in [2.45, 2.75) is 30.2 Å². The molecule has 1 saturated heterocycles. The highest BCUT2D eigenvalue weighted by atomic mass is 35.5. The molecule has 6 heteroatoms. The van der Waals surface area contributed by atoms with E-state index in [1.165, 1.54) is 12.8 Å². The zero-order valence-electron chi connectivity index (χ0n) is 11.2. The minimum absolute atomic E-state index is 0. The SMILES string of the molecule is Cl.O=C(CCSc1ccc(Cl)cc1)NCC1CCCN1. The average Bonchev–Trinajstić information content (AvgIpc) is 2.92. The highest BCUT2D eigenvalue weighted by Gasteiger charge is 2.14. The van der Waals surface area contributed by atoms with Gasteiger partial charge in [0.05, 0.1) is 0 Å². The van der Waals surface area contributed by atoms with Crippen molar-refractivity contribution in [2.75, 3.05) is 18.8 Å². The van der Waals surface area contributed by atoms with Gasteiger partial charge < -0.3 is 10.6 Å². The van der Waals surface area contributed by atoms with Crippen LogP contribution in [-0.2, 0) is 4.79 Å². The summed E-state index contributed by atoms with van der Waals surface area (Å²) in [4.78, 5) is 12.8. The van der Waals surface area contributed by atoms with Crippen LogP contribution in [0, 0.1) is 0 Å². The Morgan fingerprint density at radius 2 is 2.15 bits per heavy atom. The maximum Gasteiger partial charge on any atom is 0.220 e. The molecule has 2 N–H and O–H groups in total. The second-order valence-corrected chi connectivity index (χ2v) is 6.25. The zero-order chi connectivity index (χ0) is 13.5. The van der Waals surface area contributed by atoms with E-state index in [1.807, 2.05) is 24.3 Å². The topological polar surface area (TPSA) is 41.1 Å². The molecule has 2 rings (SSSR count). The molecular weight excluding hydrogens is 315 g/mol. The summed E-state index contributed by atoms with van der Waals surface area (Å²) in [6, 6.07) is 8.17. The van der Waals surface area contributed by atoms with Gasteiger partial charge in [-0.3, -0.25) is 4.79 Å². The molecule has 1 aromatic carbocycles. The Bertz CT molecular complexity index is 408. The maximum atomic E-state index is 11.7. The van der Waals surface area contributed by atoms with E-state index in [0.717, 1.165) is 28.8 Å². The van der Waals surface area contributed by atoms with Crippen LogP contribution in [0.2, 0.25) is 5.02 Å². The van der Waals surface area contributed by atoms with Crippen molar-refractivity contribution in [3.8, 4) is 0 Å². The lowest BCUT2D eigenvalue weighted by Gasteiger charge is -2.11. The van der Waals surface area contributed by atoms with E-state index >= 15 is 0 Å². The van der Waals surface area contributed by atoms with Crippen LogP contribution in [0.3, 0.4) is 0 Å². The molecular formula is C14H20Cl2N2OS. The van der Waals surface area contributed by atoms with E-state index in [-0.39, 0.29) is 18.3 Å². The number of thioether (sulfide) groups is 1. The summed E-state index contributed by atoms with van der Waals surface area (Å²) in [5, 5.41) is 7.09. The van der Waals surface area contributed by atoms with E-state index in [1.54, 1.807) is 11.8 Å². The van der Waals surface area contributed by atoms with Gasteiger partial charge in [0.15, 0.2) is 0 Å². The molecule has 1 amide bonds. The molecule has 1 aliphatic rings. The first kappa shape index (κ1) is 17.6. The van der Waals surface area contributed by atoms with Gasteiger partial charge in [0.1, 0.15) is 0 Å². The number of carbonyl (C=O) groups is 1. The lowest BCUT2D eigenvalue weighted by molar-refractivity contribution is -0.120. The lowest BCUT2D eigenvalue weighted by Crippen LogP contribution is -2.37. The molecule has 0 spiro atoms. The van der Waals surface area contributed by atoms with Crippen LogP contribution in [0.25, 0.3) is 0 Å². The first-order chi connectivity index (χ1) is 9.24. The molecule has 0 radical (unpaired) electrons. The predicted molar refractivity (Wildman–Crippen MR) is 88.1 cm³/mol. The van der Waals surface area contributed by atoms with Gasteiger partial charge in [0.2, 0.25) is 5.91 Å². The number of hydrogen-bond acceptors (Lipinski definition) is 3. The molecule has 1 atom stereocenters. The largest absolute Gasteiger partial charge is 0.355 e. The van der Waals surface area contributed by atoms with E-state index in [4.69, 9.17) is 11.6 Å². The first-order valence-electron chi connectivity index (χ1n) is 6.62.